The van der Waals surface area contributed by atoms with Gasteiger partial charge in [0.15, 0.2) is 0 Å². The molecule has 0 radical (unpaired) electrons. The van der Waals surface area contributed by atoms with Gasteiger partial charge in [-0.05, 0) is 30.7 Å². The van der Waals surface area contributed by atoms with Gasteiger partial charge in [-0.2, -0.15) is 13.2 Å². The summed E-state index contributed by atoms with van der Waals surface area (Å²) in [5, 5.41) is 0.728. The molecule has 3 nitrogen and oxygen atoms in total. The molecule has 1 aliphatic carbocycles. The summed E-state index contributed by atoms with van der Waals surface area (Å²) in [5.41, 5.74) is 0. The van der Waals surface area contributed by atoms with E-state index in [4.69, 9.17) is 0 Å². The van der Waals surface area contributed by atoms with Crippen molar-refractivity contribution in [1.29, 1.82) is 0 Å². The second-order valence-corrected chi connectivity index (χ2v) is 7.77. The summed E-state index contributed by atoms with van der Waals surface area (Å²) in [6.45, 7) is 4.47. The lowest BCUT2D eigenvalue weighted by atomic mass is 10.1. The number of nitrogens with zero attached hydrogens (tertiary/aromatic N) is 3. The van der Waals surface area contributed by atoms with Crippen molar-refractivity contribution in [1.82, 2.24) is 9.97 Å². The highest BCUT2D eigenvalue weighted by Crippen LogP contribution is 2.38. The zero-order valence-electron chi connectivity index (χ0n) is 13.4. The molecule has 0 saturated heterocycles. The van der Waals surface area contributed by atoms with E-state index < -0.39 is 12.6 Å². The van der Waals surface area contributed by atoms with Crippen molar-refractivity contribution >= 4 is 27.4 Å². The molecule has 23 heavy (non-hydrogen) atoms. The largest absolute Gasteiger partial charge is 0.393 e. The van der Waals surface area contributed by atoms with Crippen molar-refractivity contribution in [2.75, 3.05) is 11.9 Å². The van der Waals surface area contributed by atoms with Crippen molar-refractivity contribution in [2.45, 2.75) is 45.3 Å². The Morgan fingerprint density at radius 2 is 2.00 bits per heavy atom. The van der Waals surface area contributed by atoms with Gasteiger partial charge < -0.3 is 4.90 Å². The summed E-state index contributed by atoms with van der Waals surface area (Å²) < 4.78 is 37.9. The Kier molecular flexibility index (Phi) is 4.25. The van der Waals surface area contributed by atoms with E-state index in [1.54, 1.807) is 6.07 Å². The standard InChI is InChI=1S/C16H20F3N3S/c1-9-4-10(2)13(5-9)22(3)14-12-6-11(7-16(17,18)19)23-15(12)21-8-20-14/h6,8-10,13H,4-5,7H2,1-3H3/t9-,10+,13-/m0/s1. The lowest BCUT2D eigenvalue weighted by Gasteiger charge is -2.29. The van der Waals surface area contributed by atoms with Gasteiger partial charge in [-0.15, -0.1) is 11.3 Å². The van der Waals surface area contributed by atoms with E-state index in [-0.39, 0.29) is 4.88 Å². The Morgan fingerprint density at radius 3 is 2.61 bits per heavy atom. The van der Waals surface area contributed by atoms with Gasteiger partial charge >= 0.3 is 6.18 Å². The number of halogens is 3. The van der Waals surface area contributed by atoms with E-state index in [1.165, 1.54) is 12.7 Å². The van der Waals surface area contributed by atoms with Gasteiger partial charge in [0.2, 0.25) is 0 Å². The highest BCUT2D eigenvalue weighted by molar-refractivity contribution is 7.18. The molecule has 0 amide bonds. The van der Waals surface area contributed by atoms with Gasteiger partial charge in [0.25, 0.3) is 0 Å². The predicted molar refractivity (Wildman–Crippen MR) is 86.9 cm³/mol. The maximum absolute atomic E-state index is 12.6. The van der Waals surface area contributed by atoms with Crippen LogP contribution in [-0.4, -0.2) is 29.2 Å². The molecular formula is C16H20F3N3S. The van der Waals surface area contributed by atoms with E-state index in [1.807, 2.05) is 7.05 Å². The monoisotopic (exact) mass is 343 g/mol. The number of thiophene rings is 1. The van der Waals surface area contributed by atoms with Crippen molar-refractivity contribution in [3.63, 3.8) is 0 Å². The molecule has 2 heterocycles. The second-order valence-electron chi connectivity index (χ2n) is 6.65. The zero-order valence-corrected chi connectivity index (χ0v) is 14.2. The predicted octanol–water partition coefficient (Wildman–Crippen LogP) is 4.67. The van der Waals surface area contributed by atoms with E-state index >= 15 is 0 Å². The van der Waals surface area contributed by atoms with Crippen molar-refractivity contribution in [3.05, 3.63) is 17.3 Å². The first kappa shape index (κ1) is 16.5. The van der Waals surface area contributed by atoms with Crippen molar-refractivity contribution in [2.24, 2.45) is 11.8 Å². The van der Waals surface area contributed by atoms with Crippen LogP contribution in [0.1, 0.15) is 31.6 Å². The SMILES string of the molecule is C[C@H]1C[C@@H](C)[C@@H](N(C)c2ncnc3sc(CC(F)(F)F)cc23)C1. The summed E-state index contributed by atoms with van der Waals surface area (Å²) in [5.74, 6) is 1.96. The zero-order chi connectivity index (χ0) is 16.8. The maximum atomic E-state index is 12.6. The van der Waals surface area contributed by atoms with Crippen LogP contribution in [0.4, 0.5) is 19.0 Å². The first-order valence-corrected chi connectivity index (χ1v) is 8.59. The smallest absolute Gasteiger partial charge is 0.356 e. The van der Waals surface area contributed by atoms with Crippen LogP contribution in [0.3, 0.4) is 0 Å². The summed E-state index contributed by atoms with van der Waals surface area (Å²) in [7, 11) is 1.99. The normalized spacial score (nSPS) is 25.2. The fourth-order valence-corrected chi connectivity index (χ4v) is 4.71. The average Bonchev–Trinajstić information content (AvgIpc) is 2.97. The molecule has 3 atom stereocenters. The topological polar surface area (TPSA) is 29.0 Å². The Hall–Kier alpha value is -1.37. The quantitative estimate of drug-likeness (QED) is 0.811. The van der Waals surface area contributed by atoms with E-state index in [9.17, 15) is 13.2 Å². The number of fused-ring (bicyclic) bond motifs is 1. The lowest BCUT2D eigenvalue weighted by Crippen LogP contribution is -2.34. The van der Waals surface area contributed by atoms with E-state index in [2.05, 4.69) is 28.7 Å². The van der Waals surface area contributed by atoms with Crippen LogP contribution in [0.25, 0.3) is 10.2 Å². The molecule has 0 bridgehead atoms. The summed E-state index contributed by atoms with van der Waals surface area (Å²) in [6.07, 6.45) is -1.40. The lowest BCUT2D eigenvalue weighted by molar-refractivity contribution is -0.126. The van der Waals surface area contributed by atoms with Gasteiger partial charge in [-0.25, -0.2) is 9.97 Å². The molecule has 0 aliphatic heterocycles. The fraction of sp³-hybridized carbons (Fsp3) is 0.625. The Balaban J connectivity index is 1.94. The van der Waals surface area contributed by atoms with Crippen LogP contribution in [0.5, 0.6) is 0 Å². The third kappa shape index (κ3) is 3.44. The van der Waals surface area contributed by atoms with Gasteiger partial charge in [0.05, 0.1) is 11.8 Å². The first-order chi connectivity index (χ1) is 10.7. The number of rotatable bonds is 3. The molecule has 0 N–H and O–H groups in total. The maximum Gasteiger partial charge on any atom is 0.393 e. The Bertz CT molecular complexity index is 697. The minimum absolute atomic E-state index is 0.287. The van der Waals surface area contributed by atoms with Crippen LogP contribution >= 0.6 is 11.3 Å². The highest BCUT2D eigenvalue weighted by Gasteiger charge is 2.33. The van der Waals surface area contributed by atoms with Crippen molar-refractivity contribution in [3.8, 4) is 0 Å². The van der Waals surface area contributed by atoms with Crippen LogP contribution < -0.4 is 4.90 Å². The molecular weight excluding hydrogens is 323 g/mol. The molecule has 1 fully saturated rings. The second kappa shape index (κ2) is 5.92. The highest BCUT2D eigenvalue weighted by atomic mass is 32.1. The molecule has 3 rings (SSSR count). The van der Waals surface area contributed by atoms with Crippen LogP contribution in [0.2, 0.25) is 0 Å². The molecule has 126 valence electrons. The minimum atomic E-state index is -4.20. The molecule has 7 heteroatoms. The van der Waals surface area contributed by atoms with Crippen LogP contribution in [0, 0.1) is 11.8 Å². The Morgan fingerprint density at radius 1 is 1.26 bits per heavy atom. The molecule has 0 unspecified atom stereocenters. The summed E-state index contributed by atoms with van der Waals surface area (Å²) in [4.78, 5) is 11.5. The third-order valence-electron chi connectivity index (χ3n) is 4.64. The number of anilines is 1. The molecule has 1 aliphatic rings. The van der Waals surface area contributed by atoms with E-state index in [0.717, 1.165) is 29.0 Å². The number of hydrogen-bond donors (Lipinski definition) is 0. The summed E-state index contributed by atoms with van der Waals surface area (Å²) >= 11 is 1.10. The molecule has 0 spiro atoms. The van der Waals surface area contributed by atoms with Crippen LogP contribution in [0.15, 0.2) is 12.4 Å². The number of aromatic nitrogens is 2. The molecule has 0 aromatic carbocycles. The molecule has 1 saturated carbocycles. The molecule has 2 aromatic heterocycles. The average molecular weight is 343 g/mol. The van der Waals surface area contributed by atoms with Crippen molar-refractivity contribution < 1.29 is 13.2 Å². The minimum Gasteiger partial charge on any atom is -0.356 e. The number of alkyl halides is 3. The molecule has 2 aromatic rings. The van der Waals surface area contributed by atoms with Gasteiger partial charge in [0.1, 0.15) is 17.0 Å². The van der Waals surface area contributed by atoms with Crippen LogP contribution in [-0.2, 0) is 6.42 Å². The van der Waals surface area contributed by atoms with E-state index in [0.29, 0.717) is 22.7 Å². The third-order valence-corrected chi connectivity index (χ3v) is 5.68. The summed E-state index contributed by atoms with van der Waals surface area (Å²) in [6, 6.07) is 1.97. The first-order valence-electron chi connectivity index (χ1n) is 7.77. The van der Waals surface area contributed by atoms with Gasteiger partial charge in [-0.3, -0.25) is 0 Å². The van der Waals surface area contributed by atoms with Gasteiger partial charge in [-0.1, -0.05) is 13.8 Å². The number of hydrogen-bond acceptors (Lipinski definition) is 4. The van der Waals surface area contributed by atoms with Gasteiger partial charge in [0, 0.05) is 18.0 Å². The fourth-order valence-electron chi connectivity index (χ4n) is 3.69. The Labute approximate surface area is 137 Å².